The molecule has 2 aromatic rings. The van der Waals surface area contributed by atoms with Crippen molar-refractivity contribution in [2.75, 3.05) is 13.7 Å². The summed E-state index contributed by atoms with van der Waals surface area (Å²) in [5.74, 6) is 0.137. The standard InChI is InChI=1S/C17H15ClN2O3/c1-4-23-17(21)14-10(2)20-16(18)13(9-19)15(14)11-5-7-12(22-3)8-6-11/h5-8H,4H2,1-3H3. The van der Waals surface area contributed by atoms with Gasteiger partial charge >= 0.3 is 5.97 Å². The molecule has 0 aliphatic heterocycles. The Morgan fingerprint density at radius 2 is 2.00 bits per heavy atom. The number of hydrogen-bond donors (Lipinski definition) is 0. The molecule has 1 aromatic heterocycles. The largest absolute Gasteiger partial charge is 0.497 e. The van der Waals surface area contributed by atoms with Crippen molar-refractivity contribution in [1.29, 1.82) is 5.26 Å². The minimum atomic E-state index is -0.531. The number of nitrogens with zero attached hydrogens (tertiary/aromatic N) is 2. The van der Waals surface area contributed by atoms with Crippen molar-refractivity contribution in [2.45, 2.75) is 13.8 Å². The van der Waals surface area contributed by atoms with E-state index in [-0.39, 0.29) is 22.9 Å². The molecular weight excluding hydrogens is 316 g/mol. The highest BCUT2D eigenvalue weighted by Gasteiger charge is 2.24. The van der Waals surface area contributed by atoms with Crippen molar-refractivity contribution in [2.24, 2.45) is 0 Å². The van der Waals surface area contributed by atoms with E-state index in [9.17, 15) is 10.1 Å². The molecule has 0 saturated carbocycles. The van der Waals surface area contributed by atoms with Crippen LogP contribution in [-0.4, -0.2) is 24.7 Å². The van der Waals surface area contributed by atoms with E-state index in [1.165, 1.54) is 0 Å². The Bertz CT molecular complexity index is 780. The second-order valence-electron chi connectivity index (χ2n) is 4.67. The van der Waals surface area contributed by atoms with Crippen molar-refractivity contribution in [3.8, 4) is 22.9 Å². The number of aromatic nitrogens is 1. The number of carbonyl (C=O) groups excluding carboxylic acids is 1. The first-order chi connectivity index (χ1) is 11.0. The van der Waals surface area contributed by atoms with Gasteiger partial charge in [-0.2, -0.15) is 5.26 Å². The van der Waals surface area contributed by atoms with E-state index in [2.05, 4.69) is 4.98 Å². The lowest BCUT2D eigenvalue weighted by atomic mass is 9.95. The molecule has 5 nitrogen and oxygen atoms in total. The molecule has 0 atom stereocenters. The van der Waals surface area contributed by atoms with Crippen LogP contribution in [0.3, 0.4) is 0 Å². The van der Waals surface area contributed by atoms with Crippen molar-refractivity contribution < 1.29 is 14.3 Å². The minimum absolute atomic E-state index is 0.0591. The van der Waals surface area contributed by atoms with Gasteiger partial charge in [0.1, 0.15) is 17.0 Å². The van der Waals surface area contributed by atoms with Gasteiger partial charge in [-0.15, -0.1) is 0 Å². The van der Waals surface area contributed by atoms with Gasteiger partial charge in [0.2, 0.25) is 0 Å². The molecule has 1 aromatic carbocycles. The number of esters is 1. The fourth-order valence-electron chi connectivity index (χ4n) is 2.27. The summed E-state index contributed by atoms with van der Waals surface area (Å²) in [5.41, 5.74) is 1.89. The maximum absolute atomic E-state index is 12.3. The first-order valence-electron chi connectivity index (χ1n) is 6.95. The number of rotatable bonds is 4. The Balaban J connectivity index is 2.76. The topological polar surface area (TPSA) is 72.2 Å². The van der Waals surface area contributed by atoms with E-state index in [0.29, 0.717) is 22.6 Å². The lowest BCUT2D eigenvalue weighted by Gasteiger charge is -2.14. The first-order valence-corrected chi connectivity index (χ1v) is 7.33. The predicted molar refractivity (Wildman–Crippen MR) is 86.6 cm³/mol. The number of aryl methyl sites for hydroxylation is 1. The number of ether oxygens (including phenoxy) is 2. The fraction of sp³-hybridized carbons (Fsp3) is 0.235. The lowest BCUT2D eigenvalue weighted by Crippen LogP contribution is -2.12. The summed E-state index contributed by atoms with van der Waals surface area (Å²) in [6.45, 7) is 3.60. The summed E-state index contributed by atoms with van der Waals surface area (Å²) in [4.78, 5) is 16.4. The van der Waals surface area contributed by atoms with Crippen LogP contribution in [0.4, 0.5) is 0 Å². The molecule has 0 bridgehead atoms. The average molecular weight is 331 g/mol. The Labute approximate surface area is 139 Å². The third-order valence-corrected chi connectivity index (χ3v) is 3.58. The van der Waals surface area contributed by atoms with Crippen LogP contribution in [0.25, 0.3) is 11.1 Å². The quantitative estimate of drug-likeness (QED) is 0.630. The van der Waals surface area contributed by atoms with E-state index < -0.39 is 5.97 Å². The third kappa shape index (κ3) is 3.27. The summed E-state index contributed by atoms with van der Waals surface area (Å²) in [6, 6.07) is 9.03. The Morgan fingerprint density at radius 1 is 1.35 bits per heavy atom. The maximum atomic E-state index is 12.3. The van der Waals surface area contributed by atoms with Crippen LogP contribution in [0.2, 0.25) is 5.15 Å². The number of carbonyl (C=O) groups is 1. The molecule has 0 unspecified atom stereocenters. The lowest BCUT2D eigenvalue weighted by molar-refractivity contribution is 0.0526. The van der Waals surface area contributed by atoms with Gasteiger partial charge in [-0.25, -0.2) is 9.78 Å². The predicted octanol–water partition coefficient (Wildman–Crippen LogP) is 3.77. The highest BCUT2D eigenvalue weighted by molar-refractivity contribution is 6.31. The number of methoxy groups -OCH3 is 1. The molecule has 0 fully saturated rings. The Kier molecular flexibility index (Phi) is 5.20. The monoisotopic (exact) mass is 330 g/mol. The summed E-state index contributed by atoms with van der Waals surface area (Å²) < 4.78 is 10.2. The van der Waals surface area contributed by atoms with E-state index in [1.54, 1.807) is 45.2 Å². The van der Waals surface area contributed by atoms with Gasteiger partial charge < -0.3 is 9.47 Å². The molecule has 0 N–H and O–H groups in total. The van der Waals surface area contributed by atoms with Crippen LogP contribution in [0.15, 0.2) is 24.3 Å². The van der Waals surface area contributed by atoms with Crippen LogP contribution in [0.5, 0.6) is 5.75 Å². The van der Waals surface area contributed by atoms with E-state index in [0.717, 1.165) is 0 Å². The highest BCUT2D eigenvalue weighted by atomic mass is 35.5. The van der Waals surface area contributed by atoms with Gasteiger partial charge in [0.15, 0.2) is 0 Å². The molecule has 1 heterocycles. The fourth-order valence-corrected chi connectivity index (χ4v) is 2.53. The molecule has 6 heteroatoms. The molecule has 23 heavy (non-hydrogen) atoms. The van der Waals surface area contributed by atoms with Gasteiger partial charge in [0.05, 0.1) is 30.5 Å². The molecule has 0 radical (unpaired) electrons. The SMILES string of the molecule is CCOC(=O)c1c(C)nc(Cl)c(C#N)c1-c1ccc(OC)cc1. The summed E-state index contributed by atoms with van der Waals surface area (Å²) in [6.07, 6.45) is 0. The second kappa shape index (κ2) is 7.12. The summed E-state index contributed by atoms with van der Waals surface area (Å²) in [7, 11) is 1.56. The van der Waals surface area contributed by atoms with Gasteiger partial charge in [-0.1, -0.05) is 23.7 Å². The molecule has 118 valence electrons. The Hall–Kier alpha value is -2.58. The van der Waals surface area contributed by atoms with Gasteiger partial charge in [0, 0.05) is 5.56 Å². The number of nitriles is 1. The number of benzene rings is 1. The Morgan fingerprint density at radius 3 is 2.52 bits per heavy atom. The molecule has 2 rings (SSSR count). The molecule has 0 aliphatic carbocycles. The van der Waals surface area contributed by atoms with Gasteiger partial charge in [-0.3, -0.25) is 0 Å². The number of hydrogen-bond acceptors (Lipinski definition) is 5. The molecule has 0 amide bonds. The zero-order valence-corrected chi connectivity index (χ0v) is 13.8. The van der Waals surface area contributed by atoms with E-state index in [1.807, 2.05) is 6.07 Å². The molecule has 0 saturated heterocycles. The van der Waals surface area contributed by atoms with Crippen LogP contribution >= 0.6 is 11.6 Å². The van der Waals surface area contributed by atoms with Crippen LogP contribution in [0, 0.1) is 18.3 Å². The van der Waals surface area contributed by atoms with Crippen molar-refractivity contribution in [3.63, 3.8) is 0 Å². The number of pyridine rings is 1. The minimum Gasteiger partial charge on any atom is -0.497 e. The van der Waals surface area contributed by atoms with Crippen LogP contribution < -0.4 is 4.74 Å². The summed E-state index contributed by atoms with van der Waals surface area (Å²) >= 11 is 6.09. The van der Waals surface area contributed by atoms with Gasteiger partial charge in [-0.05, 0) is 31.5 Å². The molecule has 0 spiro atoms. The zero-order valence-electron chi connectivity index (χ0n) is 13.0. The van der Waals surface area contributed by atoms with Crippen molar-refractivity contribution in [3.05, 3.63) is 46.2 Å². The first kappa shape index (κ1) is 16.8. The van der Waals surface area contributed by atoms with Crippen LogP contribution in [-0.2, 0) is 4.74 Å². The van der Waals surface area contributed by atoms with E-state index >= 15 is 0 Å². The highest BCUT2D eigenvalue weighted by Crippen LogP contribution is 2.34. The maximum Gasteiger partial charge on any atom is 0.340 e. The van der Waals surface area contributed by atoms with Crippen LogP contribution in [0.1, 0.15) is 28.5 Å². The molecular formula is C17H15ClN2O3. The van der Waals surface area contributed by atoms with Gasteiger partial charge in [0.25, 0.3) is 0 Å². The second-order valence-corrected chi connectivity index (χ2v) is 5.03. The summed E-state index contributed by atoms with van der Waals surface area (Å²) in [5, 5.41) is 9.50. The zero-order chi connectivity index (χ0) is 17.0. The average Bonchev–Trinajstić information content (AvgIpc) is 2.54. The number of halogens is 1. The smallest absolute Gasteiger partial charge is 0.340 e. The van der Waals surface area contributed by atoms with E-state index in [4.69, 9.17) is 21.1 Å². The van der Waals surface area contributed by atoms with Crippen molar-refractivity contribution >= 4 is 17.6 Å². The van der Waals surface area contributed by atoms with Crippen molar-refractivity contribution in [1.82, 2.24) is 4.98 Å². The normalized spacial score (nSPS) is 10.0. The molecule has 0 aliphatic rings. The third-order valence-electron chi connectivity index (χ3n) is 3.30.